The average molecular weight is 294 g/mol. The molecule has 1 N–H and O–H groups in total. The van der Waals surface area contributed by atoms with Gasteiger partial charge in [-0.1, -0.05) is 24.6 Å². The quantitative estimate of drug-likeness (QED) is 0.854. The van der Waals surface area contributed by atoms with Crippen molar-refractivity contribution in [3.8, 4) is 0 Å². The summed E-state index contributed by atoms with van der Waals surface area (Å²) in [5.41, 5.74) is 1.81. The predicted molar refractivity (Wildman–Crippen MR) is 83.3 cm³/mol. The molecule has 3 nitrogen and oxygen atoms in total. The molecule has 0 spiro atoms. The summed E-state index contributed by atoms with van der Waals surface area (Å²) < 4.78 is 0. The Hall–Kier alpha value is -1.48. The summed E-state index contributed by atoms with van der Waals surface area (Å²) in [7, 11) is 0. The number of carboxylic acids is 1. The van der Waals surface area contributed by atoms with Gasteiger partial charge in [0.25, 0.3) is 0 Å². The van der Waals surface area contributed by atoms with Crippen LogP contribution in [-0.2, 0) is 4.79 Å². The van der Waals surface area contributed by atoms with Gasteiger partial charge in [-0.25, -0.2) is 4.79 Å². The summed E-state index contributed by atoms with van der Waals surface area (Å²) in [5.74, 6) is -0.338. The van der Waals surface area contributed by atoms with Crippen molar-refractivity contribution < 1.29 is 9.90 Å². The number of rotatable bonds is 3. The molecule has 20 heavy (non-hydrogen) atoms. The first-order valence-corrected chi connectivity index (χ1v) is 7.34. The summed E-state index contributed by atoms with van der Waals surface area (Å²) in [6, 6.07) is 6.16. The van der Waals surface area contributed by atoms with Gasteiger partial charge < -0.3 is 10.0 Å². The van der Waals surface area contributed by atoms with Gasteiger partial charge in [0.15, 0.2) is 0 Å². The molecule has 0 saturated carbocycles. The van der Waals surface area contributed by atoms with Gasteiger partial charge in [-0.2, -0.15) is 0 Å². The summed E-state index contributed by atoms with van der Waals surface area (Å²) >= 11 is 6.25. The topological polar surface area (TPSA) is 40.5 Å². The largest absolute Gasteiger partial charge is 0.478 e. The van der Waals surface area contributed by atoms with Crippen molar-refractivity contribution in [2.24, 2.45) is 5.92 Å². The van der Waals surface area contributed by atoms with Crippen LogP contribution in [0, 0.1) is 5.92 Å². The van der Waals surface area contributed by atoms with E-state index in [0.717, 1.165) is 30.3 Å². The van der Waals surface area contributed by atoms with E-state index in [0.29, 0.717) is 17.0 Å². The molecule has 1 aromatic rings. The summed E-state index contributed by atoms with van der Waals surface area (Å²) in [6.45, 7) is 5.46. The smallest absolute Gasteiger partial charge is 0.328 e. The normalized spacial score (nSPS) is 23.2. The van der Waals surface area contributed by atoms with Crippen molar-refractivity contribution in [1.82, 2.24) is 0 Å². The van der Waals surface area contributed by atoms with Crippen molar-refractivity contribution in [2.45, 2.75) is 32.7 Å². The molecule has 2 atom stereocenters. The van der Waals surface area contributed by atoms with Gasteiger partial charge in [0, 0.05) is 34.9 Å². The van der Waals surface area contributed by atoms with Crippen LogP contribution in [0.5, 0.6) is 0 Å². The SMILES string of the molecule is CC1CCCN(c2cccc(Cl)c2C=CC(=O)O)C1C. The van der Waals surface area contributed by atoms with Gasteiger partial charge in [-0.3, -0.25) is 0 Å². The minimum Gasteiger partial charge on any atom is -0.478 e. The molecule has 108 valence electrons. The van der Waals surface area contributed by atoms with E-state index in [9.17, 15) is 4.79 Å². The Kier molecular flexibility index (Phi) is 4.71. The van der Waals surface area contributed by atoms with Gasteiger partial charge in [0.2, 0.25) is 0 Å². The molecule has 0 aromatic heterocycles. The van der Waals surface area contributed by atoms with E-state index in [1.165, 1.54) is 6.42 Å². The fourth-order valence-electron chi connectivity index (χ4n) is 2.77. The van der Waals surface area contributed by atoms with Crippen molar-refractivity contribution in [3.63, 3.8) is 0 Å². The van der Waals surface area contributed by atoms with Gasteiger partial charge in [0.1, 0.15) is 0 Å². The monoisotopic (exact) mass is 293 g/mol. The Morgan fingerprint density at radius 1 is 1.45 bits per heavy atom. The van der Waals surface area contributed by atoms with Crippen molar-refractivity contribution in [2.75, 3.05) is 11.4 Å². The summed E-state index contributed by atoms with van der Waals surface area (Å²) in [4.78, 5) is 13.1. The third kappa shape index (κ3) is 3.15. The highest BCUT2D eigenvalue weighted by Gasteiger charge is 2.26. The molecule has 1 heterocycles. The zero-order valence-electron chi connectivity index (χ0n) is 11.8. The summed E-state index contributed by atoms with van der Waals surface area (Å²) in [5, 5.41) is 9.41. The molecule has 4 heteroatoms. The number of halogens is 1. The minimum absolute atomic E-state index is 0.430. The van der Waals surface area contributed by atoms with Crippen LogP contribution in [-0.4, -0.2) is 23.7 Å². The predicted octanol–water partition coefficient (Wildman–Crippen LogP) is 4.06. The van der Waals surface area contributed by atoms with Crippen LogP contribution in [0.15, 0.2) is 24.3 Å². The molecule has 1 aliphatic heterocycles. The fourth-order valence-corrected chi connectivity index (χ4v) is 3.00. The second kappa shape index (κ2) is 6.31. The lowest BCUT2D eigenvalue weighted by atomic mass is 9.91. The maximum absolute atomic E-state index is 10.7. The second-order valence-corrected chi connectivity index (χ2v) is 5.80. The number of anilines is 1. The van der Waals surface area contributed by atoms with E-state index in [1.54, 1.807) is 12.1 Å². The lowest BCUT2D eigenvalue weighted by Gasteiger charge is -2.40. The van der Waals surface area contributed by atoms with E-state index in [1.807, 2.05) is 12.1 Å². The average Bonchev–Trinajstić information content (AvgIpc) is 2.40. The number of carbonyl (C=O) groups is 1. The van der Waals surface area contributed by atoms with E-state index >= 15 is 0 Å². The highest BCUT2D eigenvalue weighted by atomic mass is 35.5. The lowest BCUT2D eigenvalue weighted by Crippen LogP contribution is -2.42. The Morgan fingerprint density at radius 2 is 2.20 bits per heavy atom. The first kappa shape index (κ1) is 14.9. The standard InChI is InChI=1S/C16H20ClNO2/c1-11-5-4-10-18(12(11)2)15-7-3-6-14(17)13(15)8-9-16(19)20/h3,6-9,11-12H,4-5,10H2,1-2H3,(H,19,20). The maximum Gasteiger partial charge on any atom is 0.328 e. The number of nitrogens with zero attached hydrogens (tertiary/aromatic N) is 1. The number of piperidine rings is 1. The Bertz CT molecular complexity index is 527. The summed E-state index contributed by atoms with van der Waals surface area (Å²) in [6.07, 6.45) is 5.12. The number of carboxylic acid groups (broad SMARTS) is 1. The lowest BCUT2D eigenvalue weighted by molar-refractivity contribution is -0.131. The van der Waals surface area contributed by atoms with E-state index in [4.69, 9.17) is 16.7 Å². The van der Waals surface area contributed by atoms with Gasteiger partial charge in [0.05, 0.1) is 0 Å². The zero-order chi connectivity index (χ0) is 14.7. The molecule has 1 aromatic carbocycles. The minimum atomic E-state index is -0.962. The highest BCUT2D eigenvalue weighted by Crippen LogP contribution is 2.34. The number of aliphatic carboxylic acids is 1. The second-order valence-electron chi connectivity index (χ2n) is 5.40. The molecular formula is C16H20ClNO2. The Morgan fingerprint density at radius 3 is 2.90 bits per heavy atom. The Labute approximate surface area is 124 Å². The van der Waals surface area contributed by atoms with Gasteiger partial charge in [-0.15, -0.1) is 0 Å². The van der Waals surface area contributed by atoms with Crippen LogP contribution in [0.1, 0.15) is 32.3 Å². The van der Waals surface area contributed by atoms with Crippen LogP contribution < -0.4 is 4.90 Å². The van der Waals surface area contributed by atoms with E-state index in [-0.39, 0.29) is 0 Å². The molecule has 0 bridgehead atoms. The molecule has 1 aliphatic rings. The third-order valence-corrected chi connectivity index (χ3v) is 4.44. The number of benzene rings is 1. The molecular weight excluding hydrogens is 274 g/mol. The maximum atomic E-state index is 10.7. The van der Waals surface area contributed by atoms with Crippen LogP contribution in [0.4, 0.5) is 5.69 Å². The third-order valence-electron chi connectivity index (χ3n) is 4.11. The van der Waals surface area contributed by atoms with Gasteiger partial charge >= 0.3 is 5.97 Å². The van der Waals surface area contributed by atoms with Crippen LogP contribution in [0.2, 0.25) is 5.02 Å². The van der Waals surface area contributed by atoms with Crippen LogP contribution >= 0.6 is 11.6 Å². The van der Waals surface area contributed by atoms with Crippen LogP contribution in [0.25, 0.3) is 6.08 Å². The van der Waals surface area contributed by atoms with Crippen molar-refractivity contribution in [1.29, 1.82) is 0 Å². The van der Waals surface area contributed by atoms with E-state index in [2.05, 4.69) is 18.7 Å². The molecule has 0 aliphatic carbocycles. The molecule has 2 unspecified atom stereocenters. The van der Waals surface area contributed by atoms with Crippen molar-refractivity contribution >= 4 is 29.3 Å². The van der Waals surface area contributed by atoms with Crippen LogP contribution in [0.3, 0.4) is 0 Å². The fraction of sp³-hybridized carbons (Fsp3) is 0.438. The van der Waals surface area contributed by atoms with Gasteiger partial charge in [-0.05, 0) is 43.9 Å². The number of hydrogen-bond acceptors (Lipinski definition) is 2. The molecule has 1 fully saturated rings. The number of hydrogen-bond donors (Lipinski definition) is 1. The van der Waals surface area contributed by atoms with Crippen molar-refractivity contribution in [3.05, 3.63) is 34.9 Å². The highest BCUT2D eigenvalue weighted by molar-refractivity contribution is 6.32. The molecule has 2 rings (SSSR count). The Balaban J connectivity index is 2.40. The first-order valence-electron chi connectivity index (χ1n) is 6.97. The zero-order valence-corrected chi connectivity index (χ0v) is 12.6. The molecule has 0 radical (unpaired) electrons. The van der Waals surface area contributed by atoms with E-state index < -0.39 is 5.97 Å². The first-order chi connectivity index (χ1) is 9.50. The molecule has 0 amide bonds. The molecule has 1 saturated heterocycles.